The highest BCUT2D eigenvalue weighted by Crippen LogP contribution is 2.37. The molecule has 1 aliphatic heterocycles. The van der Waals surface area contributed by atoms with Crippen molar-refractivity contribution in [3.05, 3.63) is 120 Å². The molecule has 4 heteroatoms. The molecular formula is C30H20N2OS. The van der Waals surface area contributed by atoms with E-state index in [0.717, 1.165) is 54.6 Å². The number of benzene rings is 5. The third-order valence-electron chi connectivity index (χ3n) is 6.62. The summed E-state index contributed by atoms with van der Waals surface area (Å²) in [5.74, 6) is 0. The van der Waals surface area contributed by atoms with Crippen molar-refractivity contribution in [2.75, 3.05) is 0 Å². The molecule has 6 aromatic rings. The molecule has 2 heterocycles. The van der Waals surface area contributed by atoms with Gasteiger partial charge in [0.05, 0.1) is 32.2 Å². The van der Waals surface area contributed by atoms with Crippen LogP contribution in [0.4, 0.5) is 0 Å². The number of para-hydroxylation sites is 2. The van der Waals surface area contributed by atoms with Crippen molar-refractivity contribution in [1.29, 1.82) is 0 Å². The highest BCUT2D eigenvalue weighted by Gasteiger charge is 2.17. The number of thiol groups is 1. The van der Waals surface area contributed by atoms with Gasteiger partial charge in [0, 0.05) is 27.6 Å². The smallest absolute Gasteiger partial charge is 0.0810 e. The lowest BCUT2D eigenvalue weighted by Gasteiger charge is -2.14. The Morgan fingerprint density at radius 3 is 2.26 bits per heavy atom. The summed E-state index contributed by atoms with van der Waals surface area (Å²) in [6.45, 7) is 0. The molecule has 0 N–H and O–H groups in total. The van der Waals surface area contributed by atoms with Crippen LogP contribution < -0.4 is 0 Å². The van der Waals surface area contributed by atoms with Gasteiger partial charge >= 0.3 is 0 Å². The monoisotopic (exact) mass is 456 g/mol. The SMILES string of the molecule is O=[SH]1=NC(c2ccc3c(c2)c2ccccc2n3-c2ccccc2)=Cc2c1ccc1ccccc21. The van der Waals surface area contributed by atoms with Crippen LogP contribution in [0.2, 0.25) is 0 Å². The van der Waals surface area contributed by atoms with Gasteiger partial charge in [0.15, 0.2) is 0 Å². The fourth-order valence-electron chi connectivity index (χ4n) is 5.05. The average Bonchev–Trinajstić information content (AvgIpc) is 3.23. The first-order chi connectivity index (χ1) is 16.8. The topological polar surface area (TPSA) is 34.4 Å². The number of aromatic nitrogens is 1. The van der Waals surface area contributed by atoms with E-state index >= 15 is 0 Å². The minimum atomic E-state index is -1.85. The molecular weight excluding hydrogens is 436 g/mol. The second-order valence-electron chi connectivity index (χ2n) is 8.54. The molecule has 0 radical (unpaired) electrons. The standard InChI is InChI=1S/C30H20N2OS/c33-34-30-17-15-20-8-4-5-11-23(20)26(30)19-27(31-34)21-14-16-29-25(18-21)24-12-6-7-13-28(24)32(29)22-9-2-1-3-10-22/h1-19,34H. The molecule has 0 saturated heterocycles. The van der Waals surface area contributed by atoms with Gasteiger partial charge in [0.1, 0.15) is 0 Å². The van der Waals surface area contributed by atoms with E-state index in [1.54, 1.807) is 0 Å². The maximum Gasteiger partial charge on any atom is 0.0810 e. The van der Waals surface area contributed by atoms with Gasteiger partial charge in [-0.15, -0.1) is 0 Å². The Labute approximate surface area is 198 Å². The Balaban J connectivity index is 1.48. The van der Waals surface area contributed by atoms with Crippen molar-refractivity contribution in [3.8, 4) is 5.69 Å². The fraction of sp³-hybridized carbons (Fsp3) is 0. The first kappa shape index (κ1) is 19.3. The predicted molar refractivity (Wildman–Crippen MR) is 143 cm³/mol. The van der Waals surface area contributed by atoms with Gasteiger partial charge in [0.2, 0.25) is 0 Å². The first-order valence-electron chi connectivity index (χ1n) is 11.3. The average molecular weight is 457 g/mol. The van der Waals surface area contributed by atoms with E-state index in [9.17, 15) is 4.21 Å². The van der Waals surface area contributed by atoms with E-state index in [0.29, 0.717) is 0 Å². The fourth-order valence-corrected chi connectivity index (χ4v) is 6.12. The molecule has 162 valence electrons. The van der Waals surface area contributed by atoms with E-state index in [-0.39, 0.29) is 0 Å². The summed E-state index contributed by atoms with van der Waals surface area (Å²) in [7, 11) is -1.85. The molecule has 3 nitrogen and oxygen atoms in total. The second kappa shape index (κ2) is 7.44. The van der Waals surface area contributed by atoms with E-state index < -0.39 is 10.6 Å². The Morgan fingerprint density at radius 1 is 0.647 bits per heavy atom. The largest absolute Gasteiger partial charge is 0.309 e. The van der Waals surface area contributed by atoms with Gasteiger partial charge in [-0.3, -0.25) is 0 Å². The van der Waals surface area contributed by atoms with Crippen LogP contribution in [0, 0.1) is 0 Å². The molecule has 1 unspecified atom stereocenters. The minimum absolute atomic E-state index is 0.767. The van der Waals surface area contributed by atoms with Crippen LogP contribution in [0.25, 0.3) is 50.0 Å². The van der Waals surface area contributed by atoms with Gasteiger partial charge in [0.25, 0.3) is 0 Å². The number of hydrogen-bond donors (Lipinski definition) is 1. The molecule has 1 atom stereocenters. The van der Waals surface area contributed by atoms with Gasteiger partial charge in [-0.2, -0.15) is 4.36 Å². The summed E-state index contributed by atoms with van der Waals surface area (Å²) < 4.78 is 20.0. The first-order valence-corrected chi connectivity index (χ1v) is 12.5. The van der Waals surface area contributed by atoms with Crippen LogP contribution in [0.1, 0.15) is 11.1 Å². The molecule has 1 aliphatic rings. The molecule has 0 saturated carbocycles. The van der Waals surface area contributed by atoms with E-state index in [1.807, 2.05) is 30.3 Å². The Morgan fingerprint density at radius 2 is 1.38 bits per heavy atom. The maximum atomic E-state index is 13.1. The zero-order chi connectivity index (χ0) is 22.6. The summed E-state index contributed by atoms with van der Waals surface area (Å²) in [5, 5.41) is 4.60. The molecule has 0 bridgehead atoms. The van der Waals surface area contributed by atoms with E-state index in [4.69, 9.17) is 0 Å². The van der Waals surface area contributed by atoms with Gasteiger partial charge < -0.3 is 4.57 Å². The highest BCUT2D eigenvalue weighted by molar-refractivity contribution is 7.75. The molecule has 0 amide bonds. The van der Waals surface area contributed by atoms with Crippen molar-refractivity contribution in [2.45, 2.75) is 4.90 Å². The molecule has 5 aromatic carbocycles. The number of hydrogen-bond acceptors (Lipinski definition) is 2. The highest BCUT2D eigenvalue weighted by atomic mass is 32.2. The van der Waals surface area contributed by atoms with Crippen molar-refractivity contribution in [3.63, 3.8) is 0 Å². The van der Waals surface area contributed by atoms with Gasteiger partial charge in [-0.25, -0.2) is 4.21 Å². The molecule has 7 rings (SSSR count). The lowest BCUT2D eigenvalue weighted by Crippen LogP contribution is -1.96. The second-order valence-corrected chi connectivity index (χ2v) is 9.77. The normalized spacial score (nSPS) is 15.3. The van der Waals surface area contributed by atoms with E-state index in [2.05, 4.69) is 93.9 Å². The van der Waals surface area contributed by atoms with Crippen LogP contribution in [0.3, 0.4) is 0 Å². The summed E-state index contributed by atoms with van der Waals surface area (Å²) in [5.41, 5.74) is 6.19. The van der Waals surface area contributed by atoms with Crippen LogP contribution in [-0.2, 0) is 10.6 Å². The van der Waals surface area contributed by atoms with Crippen LogP contribution in [0.15, 0.2) is 118 Å². The zero-order valence-corrected chi connectivity index (χ0v) is 19.1. The van der Waals surface area contributed by atoms with Crippen LogP contribution in [-0.4, -0.2) is 8.78 Å². The number of nitrogens with zero attached hydrogens (tertiary/aromatic N) is 2. The minimum Gasteiger partial charge on any atom is -0.309 e. The molecule has 0 aliphatic carbocycles. The van der Waals surface area contributed by atoms with Crippen molar-refractivity contribution < 1.29 is 4.21 Å². The summed E-state index contributed by atoms with van der Waals surface area (Å²) in [6.07, 6.45) is 2.09. The van der Waals surface area contributed by atoms with E-state index in [1.165, 1.54) is 5.39 Å². The Kier molecular flexibility index (Phi) is 4.23. The zero-order valence-electron chi connectivity index (χ0n) is 18.2. The predicted octanol–water partition coefficient (Wildman–Crippen LogP) is 7.47. The van der Waals surface area contributed by atoms with Gasteiger partial charge in [-0.1, -0.05) is 72.8 Å². The summed E-state index contributed by atoms with van der Waals surface area (Å²) >= 11 is 0. The van der Waals surface area contributed by atoms with Crippen LogP contribution >= 0.6 is 0 Å². The Hall–Kier alpha value is -4.15. The van der Waals surface area contributed by atoms with Crippen molar-refractivity contribution >= 4 is 54.9 Å². The quantitative estimate of drug-likeness (QED) is 0.269. The third-order valence-corrected chi connectivity index (χ3v) is 7.82. The number of fused-ring (bicyclic) bond motifs is 6. The molecule has 1 aromatic heterocycles. The van der Waals surface area contributed by atoms with Crippen molar-refractivity contribution in [2.24, 2.45) is 4.36 Å². The van der Waals surface area contributed by atoms with Crippen LogP contribution in [0.5, 0.6) is 0 Å². The molecule has 0 fully saturated rings. The molecule has 34 heavy (non-hydrogen) atoms. The van der Waals surface area contributed by atoms with Gasteiger partial charge in [-0.05, 0) is 53.2 Å². The lowest BCUT2D eigenvalue weighted by atomic mass is 10.0. The third kappa shape index (κ3) is 2.86. The molecule has 0 spiro atoms. The Bertz CT molecular complexity index is 1870. The number of rotatable bonds is 2. The maximum absolute atomic E-state index is 13.1. The lowest BCUT2D eigenvalue weighted by molar-refractivity contribution is 0.688. The summed E-state index contributed by atoms with van der Waals surface area (Å²) in [6, 6.07) is 37.5. The summed E-state index contributed by atoms with van der Waals surface area (Å²) in [4.78, 5) is 0.805. The van der Waals surface area contributed by atoms with Crippen molar-refractivity contribution in [1.82, 2.24) is 4.57 Å².